The molecule has 0 radical (unpaired) electrons. The van der Waals surface area contributed by atoms with Gasteiger partial charge in [-0.2, -0.15) is 11.8 Å². The minimum absolute atomic E-state index is 0.253. The number of ether oxygens (including phenoxy) is 1. The monoisotopic (exact) mass is 300 g/mol. The predicted molar refractivity (Wildman–Crippen MR) is 70.4 cm³/mol. The molecule has 0 bridgehead atoms. The van der Waals surface area contributed by atoms with E-state index in [2.05, 4.69) is 22.0 Å². The minimum Gasteiger partial charge on any atom is -0.493 e. The molecule has 0 aliphatic carbocycles. The lowest BCUT2D eigenvalue weighted by Gasteiger charge is -2.08. The zero-order valence-electron chi connectivity index (χ0n) is 9.09. The lowest BCUT2D eigenvalue weighted by atomic mass is 10.0. The van der Waals surface area contributed by atoms with E-state index in [1.54, 1.807) is 11.8 Å². The molecule has 2 rings (SSSR count). The van der Waals surface area contributed by atoms with Gasteiger partial charge in [0.15, 0.2) is 0 Å². The highest BCUT2D eigenvalue weighted by molar-refractivity contribution is 9.10. The van der Waals surface area contributed by atoms with Crippen molar-refractivity contribution < 1.29 is 9.53 Å². The van der Waals surface area contributed by atoms with E-state index < -0.39 is 0 Å². The molecule has 86 valence electrons. The smallest absolute Gasteiger partial charge is 0.147 e. The summed E-state index contributed by atoms with van der Waals surface area (Å²) in [6, 6.07) is 4.06. The van der Waals surface area contributed by atoms with E-state index in [1.165, 1.54) is 5.56 Å². The average molecular weight is 301 g/mol. The van der Waals surface area contributed by atoms with E-state index in [0.717, 1.165) is 28.8 Å². The van der Waals surface area contributed by atoms with E-state index in [1.807, 2.05) is 12.3 Å². The van der Waals surface area contributed by atoms with Gasteiger partial charge in [0.05, 0.1) is 12.4 Å². The van der Waals surface area contributed by atoms with Gasteiger partial charge in [0.25, 0.3) is 0 Å². The third-order valence-corrected chi connectivity index (χ3v) is 3.59. The van der Waals surface area contributed by atoms with Crippen LogP contribution in [0.4, 0.5) is 0 Å². The van der Waals surface area contributed by atoms with Crippen LogP contribution in [0.5, 0.6) is 5.75 Å². The fourth-order valence-corrected chi connectivity index (χ4v) is 2.88. The first kappa shape index (κ1) is 12.0. The number of benzene rings is 1. The number of rotatable bonds is 4. The van der Waals surface area contributed by atoms with Crippen LogP contribution < -0.4 is 4.74 Å². The van der Waals surface area contributed by atoms with E-state index in [0.29, 0.717) is 12.2 Å². The van der Waals surface area contributed by atoms with Crippen LogP contribution in [-0.2, 0) is 17.6 Å². The van der Waals surface area contributed by atoms with Crippen molar-refractivity contribution in [3.05, 3.63) is 27.7 Å². The van der Waals surface area contributed by atoms with Gasteiger partial charge in [-0.3, -0.25) is 4.79 Å². The van der Waals surface area contributed by atoms with Crippen LogP contribution in [0.2, 0.25) is 0 Å². The number of ketones is 1. The van der Waals surface area contributed by atoms with Crippen molar-refractivity contribution in [3.8, 4) is 5.75 Å². The second-order valence-electron chi connectivity index (χ2n) is 3.80. The summed E-state index contributed by atoms with van der Waals surface area (Å²) < 4.78 is 6.61. The first-order valence-electron chi connectivity index (χ1n) is 5.15. The Morgan fingerprint density at radius 3 is 3.12 bits per heavy atom. The van der Waals surface area contributed by atoms with Gasteiger partial charge >= 0.3 is 0 Å². The van der Waals surface area contributed by atoms with Crippen molar-refractivity contribution in [2.75, 3.05) is 18.6 Å². The van der Waals surface area contributed by atoms with Gasteiger partial charge in [0.1, 0.15) is 11.5 Å². The lowest BCUT2D eigenvalue weighted by molar-refractivity contribution is -0.116. The number of Topliss-reactive ketones (excluding diaryl/α,β-unsaturated/α-hetero) is 1. The van der Waals surface area contributed by atoms with Crippen molar-refractivity contribution in [2.24, 2.45) is 0 Å². The molecule has 1 aromatic carbocycles. The maximum absolute atomic E-state index is 11.6. The first-order chi connectivity index (χ1) is 7.70. The van der Waals surface area contributed by atoms with E-state index in [9.17, 15) is 4.79 Å². The molecule has 0 atom stereocenters. The third kappa shape index (κ3) is 2.61. The SMILES string of the molecule is CSCC(=O)Cc1cc(Br)cc2c1OCC2. The maximum Gasteiger partial charge on any atom is 0.147 e. The average Bonchev–Trinajstić information content (AvgIpc) is 2.65. The van der Waals surface area contributed by atoms with Crippen molar-refractivity contribution in [3.63, 3.8) is 0 Å². The Kier molecular flexibility index (Phi) is 3.92. The molecular formula is C12H13BrO2S. The van der Waals surface area contributed by atoms with E-state index in [-0.39, 0.29) is 5.78 Å². The molecule has 0 spiro atoms. The molecule has 4 heteroatoms. The molecule has 0 aromatic heterocycles. The lowest BCUT2D eigenvalue weighted by Crippen LogP contribution is -2.06. The number of hydrogen-bond donors (Lipinski definition) is 0. The van der Waals surface area contributed by atoms with Gasteiger partial charge in [-0.15, -0.1) is 0 Å². The summed E-state index contributed by atoms with van der Waals surface area (Å²) in [5.74, 6) is 1.75. The van der Waals surface area contributed by atoms with Crippen LogP contribution in [0.15, 0.2) is 16.6 Å². The highest BCUT2D eigenvalue weighted by Gasteiger charge is 2.18. The standard InChI is InChI=1S/C12H13BrO2S/c1-16-7-11(14)6-9-5-10(13)4-8-2-3-15-12(8)9/h4-5H,2-3,6-7H2,1H3. The van der Waals surface area contributed by atoms with Crippen LogP contribution in [-0.4, -0.2) is 24.4 Å². The highest BCUT2D eigenvalue weighted by Crippen LogP contribution is 2.33. The van der Waals surface area contributed by atoms with E-state index >= 15 is 0 Å². The molecule has 0 N–H and O–H groups in total. The van der Waals surface area contributed by atoms with Crippen molar-refractivity contribution in [1.29, 1.82) is 0 Å². The number of thioether (sulfide) groups is 1. The largest absolute Gasteiger partial charge is 0.493 e. The molecule has 1 aliphatic rings. The van der Waals surface area contributed by atoms with Gasteiger partial charge in [0, 0.05) is 22.9 Å². The molecule has 1 aliphatic heterocycles. The molecule has 0 saturated heterocycles. The molecule has 1 aromatic rings. The van der Waals surface area contributed by atoms with Crippen LogP contribution in [0.25, 0.3) is 0 Å². The second kappa shape index (κ2) is 5.23. The topological polar surface area (TPSA) is 26.3 Å². The van der Waals surface area contributed by atoms with Gasteiger partial charge in [-0.05, 0) is 24.0 Å². The quantitative estimate of drug-likeness (QED) is 0.855. The minimum atomic E-state index is 0.253. The molecular weight excluding hydrogens is 288 g/mol. The van der Waals surface area contributed by atoms with Crippen molar-refractivity contribution >= 4 is 33.5 Å². The zero-order valence-corrected chi connectivity index (χ0v) is 11.5. The molecule has 0 unspecified atom stereocenters. The number of carbonyl (C=O) groups excluding carboxylic acids is 1. The molecule has 1 heterocycles. The molecule has 0 amide bonds. The van der Waals surface area contributed by atoms with Crippen molar-refractivity contribution in [2.45, 2.75) is 12.8 Å². The van der Waals surface area contributed by atoms with Crippen LogP contribution in [0.1, 0.15) is 11.1 Å². The number of hydrogen-bond acceptors (Lipinski definition) is 3. The second-order valence-corrected chi connectivity index (χ2v) is 5.58. The summed E-state index contributed by atoms with van der Waals surface area (Å²) >= 11 is 5.04. The van der Waals surface area contributed by atoms with Crippen LogP contribution in [0.3, 0.4) is 0 Å². The number of halogens is 1. The normalized spacial score (nSPS) is 13.4. The van der Waals surface area contributed by atoms with Crippen LogP contribution >= 0.6 is 27.7 Å². The molecule has 16 heavy (non-hydrogen) atoms. The van der Waals surface area contributed by atoms with Gasteiger partial charge < -0.3 is 4.74 Å². The summed E-state index contributed by atoms with van der Waals surface area (Å²) in [6.45, 7) is 0.732. The Labute approximate surface area is 108 Å². The highest BCUT2D eigenvalue weighted by atomic mass is 79.9. The number of fused-ring (bicyclic) bond motifs is 1. The van der Waals surface area contributed by atoms with E-state index in [4.69, 9.17) is 4.74 Å². The summed E-state index contributed by atoms with van der Waals surface area (Å²) in [4.78, 5) is 11.6. The summed E-state index contributed by atoms with van der Waals surface area (Å²) in [5.41, 5.74) is 2.22. The van der Waals surface area contributed by atoms with Crippen LogP contribution in [0, 0.1) is 0 Å². The van der Waals surface area contributed by atoms with Gasteiger partial charge in [-0.25, -0.2) is 0 Å². The summed E-state index contributed by atoms with van der Waals surface area (Å²) in [7, 11) is 0. The predicted octanol–water partition coefficient (Wildman–Crippen LogP) is 2.86. The Morgan fingerprint density at radius 2 is 2.38 bits per heavy atom. The van der Waals surface area contributed by atoms with Gasteiger partial charge in [-0.1, -0.05) is 15.9 Å². The van der Waals surface area contributed by atoms with Crippen molar-refractivity contribution in [1.82, 2.24) is 0 Å². The Hall–Kier alpha value is -0.480. The zero-order chi connectivity index (χ0) is 11.5. The third-order valence-electron chi connectivity index (χ3n) is 2.52. The Bertz CT molecular complexity index is 418. The molecule has 2 nitrogen and oxygen atoms in total. The summed E-state index contributed by atoms with van der Waals surface area (Å²) in [6.07, 6.45) is 3.36. The maximum atomic E-state index is 11.6. The van der Waals surface area contributed by atoms with Gasteiger partial charge in [0.2, 0.25) is 0 Å². The molecule has 0 saturated carbocycles. The fraction of sp³-hybridized carbons (Fsp3) is 0.417. The Morgan fingerprint density at radius 1 is 1.56 bits per heavy atom. The Balaban J connectivity index is 2.23. The molecule has 0 fully saturated rings. The fourth-order valence-electron chi connectivity index (χ4n) is 1.90. The number of carbonyl (C=O) groups is 1. The summed E-state index contributed by atoms with van der Waals surface area (Å²) in [5, 5.41) is 0. The first-order valence-corrected chi connectivity index (χ1v) is 7.34.